The van der Waals surface area contributed by atoms with E-state index in [-0.39, 0.29) is 10.8 Å². The van der Waals surface area contributed by atoms with Crippen molar-refractivity contribution < 1.29 is 4.74 Å². The molecule has 2 N–H and O–H groups in total. The Morgan fingerprint density at radius 2 is 1.91 bits per heavy atom. The molecule has 23 heavy (non-hydrogen) atoms. The van der Waals surface area contributed by atoms with Gasteiger partial charge >= 0.3 is 0 Å². The molecular formula is C17H23ClN4O. The molecule has 0 unspecified atom stereocenters. The monoisotopic (exact) mass is 334 g/mol. The van der Waals surface area contributed by atoms with Gasteiger partial charge in [0.2, 0.25) is 5.28 Å². The fourth-order valence-corrected chi connectivity index (χ4v) is 2.70. The fourth-order valence-electron chi connectivity index (χ4n) is 2.56. The first-order valence-electron chi connectivity index (χ1n) is 7.65. The van der Waals surface area contributed by atoms with Crippen LogP contribution in [0, 0.1) is 12.8 Å². The molecule has 2 rings (SSSR count). The lowest BCUT2D eigenvalue weighted by Gasteiger charge is -2.26. The molecule has 0 aliphatic rings. The molecule has 0 radical (unpaired) electrons. The molecule has 0 saturated heterocycles. The Kier molecular flexibility index (Phi) is 5.55. The summed E-state index contributed by atoms with van der Waals surface area (Å²) in [4.78, 5) is 12.6. The lowest BCUT2D eigenvalue weighted by atomic mass is 9.93. The molecule has 5 nitrogen and oxygen atoms in total. The third-order valence-electron chi connectivity index (χ3n) is 3.36. The number of hydrogen-bond donors (Lipinski definition) is 1. The zero-order valence-corrected chi connectivity index (χ0v) is 14.8. The normalized spacial score (nSPS) is 13.9. The van der Waals surface area contributed by atoms with Crippen molar-refractivity contribution in [3.05, 3.63) is 35.4 Å². The van der Waals surface area contributed by atoms with Gasteiger partial charge in [0.05, 0.1) is 17.1 Å². The van der Waals surface area contributed by atoms with Gasteiger partial charge in [-0.15, -0.1) is 0 Å². The van der Waals surface area contributed by atoms with Gasteiger partial charge in [-0.25, -0.2) is 15.0 Å². The fraction of sp³-hybridized carbons (Fsp3) is 0.471. The first kappa shape index (κ1) is 17.6. The van der Waals surface area contributed by atoms with Gasteiger partial charge in [0, 0.05) is 11.7 Å². The lowest BCUT2D eigenvalue weighted by molar-refractivity contribution is 0.205. The molecular weight excluding hydrogens is 312 g/mol. The number of ether oxygens (including phenoxy) is 1. The van der Waals surface area contributed by atoms with Crippen molar-refractivity contribution in [3.63, 3.8) is 0 Å². The number of aromatic nitrogens is 3. The first-order valence-corrected chi connectivity index (χ1v) is 8.03. The minimum atomic E-state index is -0.362. The van der Waals surface area contributed by atoms with Crippen molar-refractivity contribution in [3.8, 4) is 17.1 Å². The van der Waals surface area contributed by atoms with Crippen molar-refractivity contribution in [2.45, 2.75) is 39.7 Å². The molecule has 0 saturated carbocycles. The van der Waals surface area contributed by atoms with Gasteiger partial charge in [-0.1, -0.05) is 13.8 Å². The van der Waals surface area contributed by atoms with E-state index >= 15 is 0 Å². The Balaban J connectivity index is 2.11. The Morgan fingerprint density at radius 1 is 1.22 bits per heavy atom. The highest BCUT2D eigenvalue weighted by Crippen LogP contribution is 2.23. The van der Waals surface area contributed by atoms with Crippen LogP contribution in [0.1, 0.15) is 32.9 Å². The summed E-state index contributed by atoms with van der Waals surface area (Å²) >= 11 is 5.82. The maximum atomic E-state index is 6.28. The molecule has 124 valence electrons. The van der Waals surface area contributed by atoms with Crippen molar-refractivity contribution in [1.82, 2.24) is 15.0 Å². The highest BCUT2D eigenvalue weighted by molar-refractivity contribution is 6.28. The van der Waals surface area contributed by atoms with Crippen LogP contribution in [-0.2, 0) is 0 Å². The molecule has 0 fully saturated rings. The lowest BCUT2D eigenvalue weighted by Crippen LogP contribution is -2.43. The van der Waals surface area contributed by atoms with E-state index in [9.17, 15) is 0 Å². The second-order valence-electron chi connectivity index (χ2n) is 6.53. The van der Waals surface area contributed by atoms with Gasteiger partial charge in [-0.2, -0.15) is 0 Å². The summed E-state index contributed by atoms with van der Waals surface area (Å²) in [6.07, 6.45) is 2.51. The topological polar surface area (TPSA) is 73.9 Å². The van der Waals surface area contributed by atoms with Crippen LogP contribution in [0.3, 0.4) is 0 Å². The molecule has 6 heteroatoms. The summed E-state index contributed by atoms with van der Waals surface area (Å²) < 4.78 is 5.87. The maximum absolute atomic E-state index is 6.28. The largest absolute Gasteiger partial charge is 0.490 e. The van der Waals surface area contributed by atoms with Crippen LogP contribution in [0.2, 0.25) is 5.28 Å². The number of nitrogens with two attached hydrogens (primary N) is 1. The van der Waals surface area contributed by atoms with E-state index in [1.165, 1.54) is 0 Å². The van der Waals surface area contributed by atoms with Crippen LogP contribution >= 0.6 is 11.6 Å². The number of pyridine rings is 1. The SMILES string of the molecule is Cc1nc(-c2ccnc(Cl)n2)ccc1OC[C@@](C)(N)CC(C)C. The second-order valence-corrected chi connectivity index (χ2v) is 6.87. The van der Waals surface area contributed by atoms with Gasteiger partial charge in [0.15, 0.2) is 0 Å². The van der Waals surface area contributed by atoms with E-state index < -0.39 is 0 Å². The molecule has 0 aromatic carbocycles. The third-order valence-corrected chi connectivity index (χ3v) is 3.54. The predicted molar refractivity (Wildman–Crippen MR) is 92.6 cm³/mol. The second kappa shape index (κ2) is 7.23. The maximum Gasteiger partial charge on any atom is 0.222 e. The molecule has 1 atom stereocenters. The Hall–Kier alpha value is -1.72. The van der Waals surface area contributed by atoms with Gasteiger partial charge in [-0.05, 0) is 56.0 Å². The molecule has 2 aromatic heterocycles. The van der Waals surface area contributed by atoms with Crippen LogP contribution in [0.5, 0.6) is 5.75 Å². The summed E-state index contributed by atoms with van der Waals surface area (Å²) in [6, 6.07) is 5.52. The average Bonchev–Trinajstić information content (AvgIpc) is 2.44. The average molecular weight is 335 g/mol. The van der Waals surface area contributed by atoms with Crippen LogP contribution in [0.25, 0.3) is 11.4 Å². The van der Waals surface area contributed by atoms with Crippen molar-refractivity contribution in [2.24, 2.45) is 11.7 Å². The summed E-state index contributed by atoms with van der Waals surface area (Å²) in [5.41, 5.74) is 8.12. The van der Waals surface area contributed by atoms with E-state index in [1.807, 2.05) is 26.0 Å². The van der Waals surface area contributed by atoms with E-state index in [2.05, 4.69) is 28.8 Å². The summed E-state index contributed by atoms with van der Waals surface area (Å²) in [6.45, 7) is 8.66. The van der Waals surface area contributed by atoms with Crippen LogP contribution in [-0.4, -0.2) is 27.1 Å². The predicted octanol–water partition coefficient (Wildman–Crippen LogP) is 3.64. The van der Waals surface area contributed by atoms with Crippen molar-refractivity contribution in [1.29, 1.82) is 0 Å². The summed E-state index contributed by atoms with van der Waals surface area (Å²) in [5.74, 6) is 1.26. The summed E-state index contributed by atoms with van der Waals surface area (Å²) in [5, 5.41) is 0.204. The van der Waals surface area contributed by atoms with Crippen molar-refractivity contribution in [2.75, 3.05) is 6.61 Å². The number of aryl methyl sites for hydroxylation is 1. The first-order chi connectivity index (χ1) is 10.8. The Bertz CT molecular complexity index is 673. The number of rotatable bonds is 6. The highest BCUT2D eigenvalue weighted by atomic mass is 35.5. The number of nitrogens with zero attached hydrogens (tertiary/aromatic N) is 3. The van der Waals surface area contributed by atoms with Crippen LogP contribution in [0.15, 0.2) is 24.4 Å². The minimum Gasteiger partial charge on any atom is -0.490 e. The Labute approximate surface area is 142 Å². The smallest absolute Gasteiger partial charge is 0.222 e. The molecule has 0 amide bonds. The summed E-state index contributed by atoms with van der Waals surface area (Å²) in [7, 11) is 0. The number of hydrogen-bond acceptors (Lipinski definition) is 5. The molecule has 0 aliphatic heterocycles. The van der Waals surface area contributed by atoms with E-state index in [0.29, 0.717) is 18.2 Å². The van der Waals surface area contributed by atoms with E-state index in [1.54, 1.807) is 12.3 Å². The molecule has 0 spiro atoms. The van der Waals surface area contributed by atoms with Crippen molar-refractivity contribution >= 4 is 11.6 Å². The molecule has 0 bridgehead atoms. The van der Waals surface area contributed by atoms with E-state index in [4.69, 9.17) is 22.1 Å². The van der Waals surface area contributed by atoms with Crippen LogP contribution in [0.4, 0.5) is 0 Å². The third kappa shape index (κ3) is 5.15. The van der Waals surface area contributed by atoms with Crippen LogP contribution < -0.4 is 10.5 Å². The zero-order valence-electron chi connectivity index (χ0n) is 14.0. The van der Waals surface area contributed by atoms with Gasteiger partial charge in [-0.3, -0.25) is 0 Å². The van der Waals surface area contributed by atoms with Gasteiger partial charge in [0.1, 0.15) is 12.4 Å². The van der Waals surface area contributed by atoms with Gasteiger partial charge in [0.25, 0.3) is 0 Å². The highest BCUT2D eigenvalue weighted by Gasteiger charge is 2.21. The van der Waals surface area contributed by atoms with E-state index in [0.717, 1.165) is 23.6 Å². The minimum absolute atomic E-state index is 0.204. The molecule has 2 aromatic rings. The zero-order chi connectivity index (χ0) is 17.0. The number of halogens is 1. The molecule has 0 aliphatic carbocycles. The molecule has 2 heterocycles. The quantitative estimate of drug-likeness (QED) is 0.816. The standard InChI is InChI=1S/C17H23ClN4O/c1-11(2)9-17(4,19)10-23-15-6-5-13(21-12(15)3)14-7-8-20-16(18)22-14/h5-8,11H,9-10,19H2,1-4H3/t17-/m0/s1. The van der Waals surface area contributed by atoms with Gasteiger partial charge < -0.3 is 10.5 Å². The Morgan fingerprint density at radius 3 is 2.52 bits per heavy atom.